The van der Waals surface area contributed by atoms with Gasteiger partial charge in [-0.25, -0.2) is 4.68 Å². The van der Waals surface area contributed by atoms with Crippen molar-refractivity contribution < 1.29 is 19.0 Å². The smallest absolute Gasteiger partial charge is 0.225 e. The van der Waals surface area contributed by atoms with Crippen molar-refractivity contribution >= 4 is 27.7 Å². The fourth-order valence-electron chi connectivity index (χ4n) is 3.14. The number of hydrogen-bond donors (Lipinski definition) is 1. The number of amides is 1. The molecule has 1 N–H and O–H groups in total. The topological polar surface area (TPSA) is 74.6 Å². The first-order valence-electron chi connectivity index (χ1n) is 9.39. The molecule has 3 rings (SSSR count). The summed E-state index contributed by atoms with van der Waals surface area (Å²) in [6.07, 6.45) is 2.46. The summed E-state index contributed by atoms with van der Waals surface area (Å²) in [6.45, 7) is 0.569. The van der Waals surface area contributed by atoms with Gasteiger partial charge >= 0.3 is 0 Å². The molecule has 2 aromatic carbocycles. The highest BCUT2D eigenvalue weighted by Crippen LogP contribution is 2.40. The van der Waals surface area contributed by atoms with Crippen molar-refractivity contribution in [2.75, 3.05) is 26.6 Å². The Balaban J connectivity index is 1.65. The van der Waals surface area contributed by atoms with E-state index in [4.69, 9.17) is 14.2 Å². The van der Waals surface area contributed by atoms with Crippen molar-refractivity contribution in [3.63, 3.8) is 0 Å². The number of ether oxygens (including phenoxy) is 3. The van der Waals surface area contributed by atoms with Gasteiger partial charge in [0.25, 0.3) is 0 Å². The number of carbonyl (C=O) groups is 1. The summed E-state index contributed by atoms with van der Waals surface area (Å²) in [5.74, 6) is 2.22. The van der Waals surface area contributed by atoms with E-state index in [9.17, 15) is 4.79 Å². The third-order valence-electron chi connectivity index (χ3n) is 4.64. The zero-order valence-corrected chi connectivity index (χ0v) is 18.7. The zero-order valence-electron chi connectivity index (χ0n) is 17.1. The zero-order chi connectivity index (χ0) is 21.5. The van der Waals surface area contributed by atoms with E-state index in [1.165, 1.54) is 0 Å². The first kappa shape index (κ1) is 21.7. The number of benzene rings is 2. The minimum absolute atomic E-state index is 0.107. The van der Waals surface area contributed by atoms with E-state index >= 15 is 0 Å². The number of nitrogens with one attached hydrogen (secondary N) is 1. The predicted molar refractivity (Wildman–Crippen MR) is 119 cm³/mol. The van der Waals surface area contributed by atoms with Gasteiger partial charge in [0, 0.05) is 17.0 Å². The number of hydrogen-bond acceptors (Lipinski definition) is 5. The molecule has 0 spiro atoms. The maximum atomic E-state index is 12.6. The van der Waals surface area contributed by atoms with Gasteiger partial charge in [-0.2, -0.15) is 5.10 Å². The lowest BCUT2D eigenvalue weighted by atomic mass is 10.1. The minimum atomic E-state index is -0.107. The van der Waals surface area contributed by atoms with Crippen LogP contribution in [0.1, 0.15) is 17.5 Å². The van der Waals surface area contributed by atoms with Gasteiger partial charge in [-0.05, 0) is 35.7 Å². The Labute approximate surface area is 184 Å². The van der Waals surface area contributed by atoms with Gasteiger partial charge in [-0.3, -0.25) is 4.79 Å². The van der Waals surface area contributed by atoms with Crippen LogP contribution in [0.15, 0.2) is 53.1 Å². The van der Waals surface area contributed by atoms with E-state index in [1.54, 1.807) is 38.3 Å². The quantitative estimate of drug-likeness (QED) is 0.501. The Morgan fingerprint density at radius 1 is 1.00 bits per heavy atom. The molecule has 0 aliphatic carbocycles. The lowest BCUT2D eigenvalue weighted by Crippen LogP contribution is -2.16. The van der Waals surface area contributed by atoms with Crippen LogP contribution >= 0.6 is 15.9 Å². The van der Waals surface area contributed by atoms with Gasteiger partial charge in [-0.1, -0.05) is 34.1 Å². The van der Waals surface area contributed by atoms with E-state index in [-0.39, 0.29) is 12.3 Å². The SMILES string of the molecule is COc1ccc(CCC(=O)Nc2ccnn2Cc2ccc(Br)cc2)c(OC)c1OC. The van der Waals surface area contributed by atoms with Crippen LogP contribution < -0.4 is 19.5 Å². The van der Waals surface area contributed by atoms with Crippen molar-refractivity contribution in [1.82, 2.24) is 9.78 Å². The summed E-state index contributed by atoms with van der Waals surface area (Å²) < 4.78 is 19.0. The fourth-order valence-corrected chi connectivity index (χ4v) is 3.41. The Kier molecular flexibility index (Phi) is 7.35. The number of halogens is 1. The molecular formula is C22H24BrN3O4. The Hall–Kier alpha value is -3.00. The summed E-state index contributed by atoms with van der Waals surface area (Å²) in [4.78, 5) is 12.6. The second-order valence-electron chi connectivity index (χ2n) is 6.54. The predicted octanol–water partition coefficient (Wildman–Crippen LogP) is 4.29. The molecule has 0 atom stereocenters. The van der Waals surface area contributed by atoms with E-state index in [0.717, 1.165) is 15.6 Å². The molecule has 1 heterocycles. The monoisotopic (exact) mass is 473 g/mol. The normalized spacial score (nSPS) is 10.5. The fraction of sp³-hybridized carbons (Fsp3) is 0.273. The summed E-state index contributed by atoms with van der Waals surface area (Å²) in [5, 5.41) is 7.25. The molecule has 0 fully saturated rings. The van der Waals surface area contributed by atoms with Crippen molar-refractivity contribution in [3.05, 3.63) is 64.3 Å². The Morgan fingerprint density at radius 2 is 1.73 bits per heavy atom. The summed E-state index contributed by atoms with van der Waals surface area (Å²) in [7, 11) is 4.70. The van der Waals surface area contributed by atoms with E-state index in [1.807, 2.05) is 36.4 Å². The van der Waals surface area contributed by atoms with Crippen LogP contribution in [0.25, 0.3) is 0 Å². The van der Waals surface area contributed by atoms with Crippen molar-refractivity contribution in [2.45, 2.75) is 19.4 Å². The molecule has 8 heteroatoms. The standard InChI is InChI=1S/C22H24BrN3O4/c1-28-18-10-6-16(21(29-2)22(18)30-3)7-11-20(27)25-19-12-13-24-26(19)14-15-4-8-17(23)9-5-15/h4-6,8-10,12-13H,7,11,14H2,1-3H3,(H,25,27). The molecule has 0 unspecified atom stereocenters. The van der Waals surface area contributed by atoms with Crippen LogP contribution in [0.4, 0.5) is 5.82 Å². The highest BCUT2D eigenvalue weighted by Gasteiger charge is 2.17. The largest absolute Gasteiger partial charge is 0.493 e. The van der Waals surface area contributed by atoms with Crippen LogP contribution in [0.3, 0.4) is 0 Å². The number of anilines is 1. The van der Waals surface area contributed by atoms with Gasteiger partial charge < -0.3 is 19.5 Å². The van der Waals surface area contributed by atoms with Crippen LogP contribution in [0.5, 0.6) is 17.2 Å². The average molecular weight is 474 g/mol. The molecule has 0 aliphatic rings. The van der Waals surface area contributed by atoms with Crippen molar-refractivity contribution in [2.24, 2.45) is 0 Å². The molecule has 0 saturated carbocycles. The van der Waals surface area contributed by atoms with E-state index in [2.05, 4.69) is 26.3 Å². The molecule has 0 saturated heterocycles. The van der Waals surface area contributed by atoms with Crippen LogP contribution in [0, 0.1) is 0 Å². The van der Waals surface area contributed by atoms with Crippen LogP contribution in [0.2, 0.25) is 0 Å². The molecule has 0 aliphatic heterocycles. The Bertz CT molecular complexity index is 1000. The second kappa shape index (κ2) is 10.2. The number of aromatic nitrogens is 2. The number of carbonyl (C=O) groups excluding carboxylic acids is 1. The first-order valence-corrected chi connectivity index (χ1v) is 10.2. The van der Waals surface area contributed by atoms with Crippen LogP contribution in [-0.4, -0.2) is 37.0 Å². The lowest BCUT2D eigenvalue weighted by Gasteiger charge is -2.15. The molecule has 0 radical (unpaired) electrons. The third-order valence-corrected chi connectivity index (χ3v) is 5.17. The minimum Gasteiger partial charge on any atom is -0.493 e. The lowest BCUT2D eigenvalue weighted by molar-refractivity contribution is -0.116. The molecule has 158 valence electrons. The molecule has 30 heavy (non-hydrogen) atoms. The average Bonchev–Trinajstić information content (AvgIpc) is 3.19. The number of aryl methyl sites for hydroxylation is 1. The van der Waals surface area contributed by atoms with Gasteiger partial charge in [0.15, 0.2) is 11.5 Å². The van der Waals surface area contributed by atoms with E-state index in [0.29, 0.717) is 36.0 Å². The van der Waals surface area contributed by atoms with Crippen molar-refractivity contribution in [1.29, 1.82) is 0 Å². The maximum absolute atomic E-state index is 12.6. The highest BCUT2D eigenvalue weighted by molar-refractivity contribution is 9.10. The third kappa shape index (κ3) is 5.13. The molecular weight excluding hydrogens is 450 g/mol. The number of rotatable bonds is 9. The summed E-state index contributed by atoms with van der Waals surface area (Å²) in [6, 6.07) is 13.5. The Morgan fingerprint density at radius 3 is 2.40 bits per heavy atom. The summed E-state index contributed by atoms with van der Waals surface area (Å²) in [5.41, 5.74) is 1.96. The van der Waals surface area contributed by atoms with Gasteiger partial charge in [0.2, 0.25) is 11.7 Å². The molecule has 1 aromatic heterocycles. The van der Waals surface area contributed by atoms with Gasteiger partial charge in [0.05, 0.1) is 34.1 Å². The maximum Gasteiger partial charge on any atom is 0.225 e. The van der Waals surface area contributed by atoms with Crippen LogP contribution in [-0.2, 0) is 17.8 Å². The van der Waals surface area contributed by atoms with Gasteiger partial charge in [0.1, 0.15) is 5.82 Å². The van der Waals surface area contributed by atoms with Crippen molar-refractivity contribution in [3.8, 4) is 17.2 Å². The molecule has 3 aromatic rings. The number of methoxy groups -OCH3 is 3. The van der Waals surface area contributed by atoms with E-state index < -0.39 is 0 Å². The number of nitrogens with zero attached hydrogens (tertiary/aromatic N) is 2. The first-order chi connectivity index (χ1) is 14.5. The summed E-state index contributed by atoms with van der Waals surface area (Å²) >= 11 is 3.43. The molecule has 7 nitrogen and oxygen atoms in total. The second-order valence-corrected chi connectivity index (χ2v) is 7.46. The molecule has 0 bridgehead atoms. The molecule has 1 amide bonds. The highest BCUT2D eigenvalue weighted by atomic mass is 79.9. The van der Waals surface area contributed by atoms with Gasteiger partial charge in [-0.15, -0.1) is 0 Å².